The minimum absolute atomic E-state index is 0.0276. The number of cyclic esters (lactones) is 1. The number of pyridine rings is 1. The van der Waals surface area contributed by atoms with Gasteiger partial charge in [-0.15, -0.1) is 11.8 Å². The number of rotatable bonds is 4. The summed E-state index contributed by atoms with van der Waals surface area (Å²) in [5.41, 5.74) is 2.09. The number of thioether (sulfide) groups is 1. The first-order valence-corrected chi connectivity index (χ1v) is 12.6. The molecule has 1 aromatic carbocycles. The van der Waals surface area contributed by atoms with E-state index in [9.17, 15) is 14.4 Å². The molecule has 33 heavy (non-hydrogen) atoms. The Kier molecular flexibility index (Phi) is 5.86. The van der Waals surface area contributed by atoms with Crippen LogP contribution in [0.3, 0.4) is 0 Å². The van der Waals surface area contributed by atoms with Crippen molar-refractivity contribution in [3.63, 3.8) is 0 Å². The molecule has 1 spiro atoms. The number of benzene rings is 1. The van der Waals surface area contributed by atoms with Crippen LogP contribution in [0, 0.1) is 5.41 Å². The number of hydrogen-bond donors (Lipinski definition) is 0. The molecule has 2 aromatic rings. The average molecular weight is 466 g/mol. The van der Waals surface area contributed by atoms with E-state index in [1.807, 2.05) is 40.3 Å². The van der Waals surface area contributed by atoms with Crippen LogP contribution in [0.15, 0.2) is 47.6 Å². The maximum Gasteiger partial charge on any atom is 0.339 e. The molecular formula is C25H27N3O4S. The monoisotopic (exact) mass is 465 g/mol. The minimum atomic E-state index is -0.498. The van der Waals surface area contributed by atoms with Crippen LogP contribution in [-0.4, -0.2) is 65.0 Å². The van der Waals surface area contributed by atoms with Crippen LogP contribution >= 0.6 is 11.8 Å². The van der Waals surface area contributed by atoms with Gasteiger partial charge in [-0.3, -0.25) is 9.59 Å². The second-order valence-corrected chi connectivity index (χ2v) is 9.90. The second-order valence-electron chi connectivity index (χ2n) is 9.10. The largest absolute Gasteiger partial charge is 0.453 e. The molecule has 7 nitrogen and oxygen atoms in total. The van der Waals surface area contributed by atoms with Crippen molar-refractivity contribution >= 4 is 29.5 Å². The lowest BCUT2D eigenvalue weighted by molar-refractivity contribution is -0.132. The molecule has 0 saturated carbocycles. The van der Waals surface area contributed by atoms with E-state index in [0.717, 1.165) is 29.9 Å². The number of piperidine rings is 1. The van der Waals surface area contributed by atoms with E-state index in [1.165, 1.54) is 11.8 Å². The highest BCUT2D eigenvalue weighted by Gasteiger charge is 2.44. The smallest absolute Gasteiger partial charge is 0.339 e. The van der Waals surface area contributed by atoms with Crippen LogP contribution in [0.5, 0.6) is 0 Å². The van der Waals surface area contributed by atoms with Gasteiger partial charge in [0.2, 0.25) is 5.91 Å². The van der Waals surface area contributed by atoms with Crippen molar-refractivity contribution in [2.24, 2.45) is 5.41 Å². The fourth-order valence-electron chi connectivity index (χ4n) is 5.29. The maximum atomic E-state index is 13.0. The van der Waals surface area contributed by atoms with Gasteiger partial charge in [0, 0.05) is 37.9 Å². The molecule has 2 fully saturated rings. The van der Waals surface area contributed by atoms with Gasteiger partial charge in [-0.1, -0.05) is 18.2 Å². The van der Waals surface area contributed by atoms with E-state index >= 15 is 0 Å². The maximum absolute atomic E-state index is 13.0. The van der Waals surface area contributed by atoms with E-state index in [4.69, 9.17) is 4.74 Å². The Balaban J connectivity index is 1.18. The highest BCUT2D eigenvalue weighted by molar-refractivity contribution is 7.98. The van der Waals surface area contributed by atoms with Crippen molar-refractivity contribution in [1.82, 2.24) is 14.8 Å². The topological polar surface area (TPSA) is 79.8 Å². The first-order chi connectivity index (χ1) is 16.0. The predicted molar refractivity (Wildman–Crippen MR) is 124 cm³/mol. The van der Waals surface area contributed by atoms with Gasteiger partial charge in [0.15, 0.2) is 0 Å². The summed E-state index contributed by atoms with van der Waals surface area (Å²) in [6, 6.07) is 10.9. The number of ether oxygens (including phenoxy) is 1. The molecule has 2 saturated heterocycles. The van der Waals surface area contributed by atoms with Crippen molar-refractivity contribution in [2.75, 3.05) is 32.4 Å². The van der Waals surface area contributed by atoms with Crippen molar-refractivity contribution in [2.45, 2.75) is 36.8 Å². The summed E-state index contributed by atoms with van der Waals surface area (Å²) in [6.07, 6.45) is 6.05. The number of aromatic nitrogens is 1. The highest BCUT2D eigenvalue weighted by atomic mass is 32.2. The molecule has 0 aliphatic carbocycles. The van der Waals surface area contributed by atoms with Crippen LogP contribution in [-0.2, 0) is 9.53 Å². The number of amides is 2. The minimum Gasteiger partial charge on any atom is -0.453 e. The van der Waals surface area contributed by atoms with E-state index in [0.29, 0.717) is 37.3 Å². The molecular weight excluding hydrogens is 438 g/mol. The third kappa shape index (κ3) is 4.12. The summed E-state index contributed by atoms with van der Waals surface area (Å²) >= 11 is 1.48. The molecule has 0 N–H and O–H groups in total. The van der Waals surface area contributed by atoms with Crippen molar-refractivity contribution in [1.29, 1.82) is 0 Å². The molecule has 8 heteroatoms. The number of hydrogen-bond acceptors (Lipinski definition) is 6. The van der Waals surface area contributed by atoms with Gasteiger partial charge in [0.05, 0.1) is 17.5 Å². The molecule has 0 radical (unpaired) electrons. The first-order valence-electron chi connectivity index (χ1n) is 11.4. The Morgan fingerprint density at radius 2 is 1.82 bits per heavy atom. The van der Waals surface area contributed by atoms with Crippen LogP contribution in [0.1, 0.15) is 58.1 Å². The quantitative estimate of drug-likeness (QED) is 0.507. The number of likely N-dealkylation sites (tertiary alicyclic amines) is 2. The molecule has 3 aliphatic heterocycles. The Morgan fingerprint density at radius 3 is 2.58 bits per heavy atom. The zero-order chi connectivity index (χ0) is 23.0. The van der Waals surface area contributed by atoms with Crippen LogP contribution in [0.25, 0.3) is 0 Å². The Hall–Kier alpha value is -2.87. The highest BCUT2D eigenvalue weighted by Crippen LogP contribution is 2.42. The standard InChI is InChI=1S/C25H27N3O4S/c1-33-22-19(7-4-11-26-22)23(30)27-12-8-25(9-13-27)10-14-28(16-25)21(29)15-20-17-5-2-3-6-18(17)24(31)32-20/h2-7,11,20H,8-10,12-16H2,1H3. The van der Waals surface area contributed by atoms with Gasteiger partial charge in [-0.25, -0.2) is 9.78 Å². The Bertz CT molecular complexity index is 1100. The molecule has 4 heterocycles. The van der Waals surface area contributed by atoms with Gasteiger partial charge < -0.3 is 14.5 Å². The van der Waals surface area contributed by atoms with E-state index in [1.54, 1.807) is 18.3 Å². The third-order valence-corrected chi connectivity index (χ3v) is 7.95. The summed E-state index contributed by atoms with van der Waals surface area (Å²) in [5, 5.41) is 0.759. The average Bonchev–Trinajstić information content (AvgIpc) is 3.40. The molecule has 0 bridgehead atoms. The van der Waals surface area contributed by atoms with E-state index in [2.05, 4.69) is 4.98 Å². The molecule has 1 unspecified atom stereocenters. The SMILES string of the molecule is CSc1ncccc1C(=O)N1CCC2(CCN(C(=O)CC3OC(=O)c4ccccc43)C2)CC1. The molecule has 5 rings (SSSR count). The lowest BCUT2D eigenvalue weighted by atomic mass is 9.77. The Labute approximate surface area is 197 Å². The lowest BCUT2D eigenvalue weighted by Crippen LogP contribution is -2.45. The number of fused-ring (bicyclic) bond motifs is 1. The van der Waals surface area contributed by atoms with Gasteiger partial charge in [0.25, 0.3) is 5.91 Å². The Morgan fingerprint density at radius 1 is 1.09 bits per heavy atom. The summed E-state index contributed by atoms with van der Waals surface area (Å²) in [5.74, 6) is -0.286. The van der Waals surface area contributed by atoms with Crippen LogP contribution < -0.4 is 0 Å². The number of carbonyl (C=O) groups excluding carboxylic acids is 3. The molecule has 2 amide bonds. The van der Waals surface area contributed by atoms with Gasteiger partial charge in [0.1, 0.15) is 11.1 Å². The zero-order valence-electron chi connectivity index (χ0n) is 18.7. The first kappa shape index (κ1) is 21.9. The van der Waals surface area contributed by atoms with Crippen molar-refractivity contribution < 1.29 is 19.1 Å². The van der Waals surface area contributed by atoms with Gasteiger partial charge in [-0.2, -0.15) is 0 Å². The van der Waals surface area contributed by atoms with Gasteiger partial charge >= 0.3 is 5.97 Å². The summed E-state index contributed by atoms with van der Waals surface area (Å²) in [4.78, 5) is 46.3. The van der Waals surface area contributed by atoms with Crippen molar-refractivity contribution in [3.05, 3.63) is 59.3 Å². The summed E-state index contributed by atoms with van der Waals surface area (Å²) in [7, 11) is 0. The fraction of sp³-hybridized carbons (Fsp3) is 0.440. The lowest BCUT2D eigenvalue weighted by Gasteiger charge is -2.39. The molecule has 172 valence electrons. The zero-order valence-corrected chi connectivity index (χ0v) is 19.5. The van der Waals surface area contributed by atoms with Crippen molar-refractivity contribution in [3.8, 4) is 0 Å². The van der Waals surface area contributed by atoms with Crippen LogP contribution in [0.4, 0.5) is 0 Å². The summed E-state index contributed by atoms with van der Waals surface area (Å²) in [6.45, 7) is 2.81. The molecule has 1 aromatic heterocycles. The van der Waals surface area contributed by atoms with Gasteiger partial charge in [-0.05, 0) is 49.1 Å². The second kappa shape index (κ2) is 8.82. The number of nitrogens with zero attached hydrogens (tertiary/aromatic N) is 3. The van der Waals surface area contributed by atoms with Crippen LogP contribution in [0.2, 0.25) is 0 Å². The number of esters is 1. The van der Waals surface area contributed by atoms with E-state index < -0.39 is 6.10 Å². The fourth-order valence-corrected chi connectivity index (χ4v) is 5.83. The molecule has 3 aliphatic rings. The third-order valence-electron chi connectivity index (χ3n) is 7.23. The summed E-state index contributed by atoms with van der Waals surface area (Å²) < 4.78 is 5.46. The predicted octanol–water partition coefficient (Wildman–Crippen LogP) is 3.56. The normalized spacial score (nSPS) is 21.2. The number of carbonyl (C=O) groups is 3. The van der Waals surface area contributed by atoms with E-state index in [-0.39, 0.29) is 29.6 Å². The molecule has 1 atom stereocenters.